The van der Waals surface area contributed by atoms with E-state index in [1.54, 1.807) is 6.07 Å². The van der Waals surface area contributed by atoms with Gasteiger partial charge < -0.3 is 19.5 Å². The van der Waals surface area contributed by atoms with Crippen molar-refractivity contribution < 1.29 is 18.5 Å². The van der Waals surface area contributed by atoms with Crippen LogP contribution in [0.3, 0.4) is 0 Å². The lowest BCUT2D eigenvalue weighted by Gasteiger charge is -2.37. The summed E-state index contributed by atoms with van der Waals surface area (Å²) in [5.41, 5.74) is 2.05. The quantitative estimate of drug-likeness (QED) is 0.354. The summed E-state index contributed by atoms with van der Waals surface area (Å²) in [6.07, 6.45) is 0.509. The van der Waals surface area contributed by atoms with Crippen molar-refractivity contribution in [2.45, 2.75) is 39.3 Å². The van der Waals surface area contributed by atoms with Crippen molar-refractivity contribution in [3.63, 3.8) is 0 Å². The molecule has 1 aliphatic rings. The van der Waals surface area contributed by atoms with Crippen LogP contribution in [0.1, 0.15) is 38.3 Å². The molecule has 192 valence electrons. The Morgan fingerprint density at radius 2 is 1.94 bits per heavy atom. The standard InChI is InChI=1S/C25H30FN5O5/c1-3-28-11-13-29(14-12-28)21-8-6-18(26)15-20(21)17(2)27-24(32)5-4-10-30-22-9-7-19(31(34)35)16-23(22)36-25(30)33/h6-9,15-17H,3-5,10-14H2,1-2H3,(H,27,32). The van der Waals surface area contributed by atoms with Crippen molar-refractivity contribution in [3.05, 3.63) is 68.4 Å². The Morgan fingerprint density at radius 1 is 1.19 bits per heavy atom. The van der Waals surface area contributed by atoms with Gasteiger partial charge in [0.25, 0.3) is 5.69 Å². The van der Waals surface area contributed by atoms with E-state index in [4.69, 9.17) is 4.42 Å². The second-order valence-electron chi connectivity index (χ2n) is 8.95. The zero-order valence-corrected chi connectivity index (χ0v) is 20.4. The van der Waals surface area contributed by atoms with Crippen LogP contribution in [0.4, 0.5) is 15.8 Å². The number of carbonyl (C=O) groups excluding carboxylic acids is 1. The van der Waals surface area contributed by atoms with Crippen molar-refractivity contribution in [2.24, 2.45) is 0 Å². The number of fused-ring (bicyclic) bond motifs is 1. The Labute approximate surface area is 207 Å². The molecule has 1 unspecified atom stereocenters. The minimum absolute atomic E-state index is 0.130. The Hall–Kier alpha value is -3.73. The smallest absolute Gasteiger partial charge is 0.407 e. The molecule has 0 radical (unpaired) electrons. The number of hydrogen-bond acceptors (Lipinski definition) is 7. The van der Waals surface area contributed by atoms with E-state index in [2.05, 4.69) is 22.0 Å². The maximum atomic E-state index is 14.1. The molecule has 0 bridgehead atoms. The predicted molar refractivity (Wildman–Crippen MR) is 134 cm³/mol. The molecule has 2 heterocycles. The van der Waals surface area contributed by atoms with Crippen molar-refractivity contribution in [1.29, 1.82) is 0 Å². The van der Waals surface area contributed by atoms with Crippen LogP contribution in [0.15, 0.2) is 45.6 Å². The van der Waals surface area contributed by atoms with Crippen molar-refractivity contribution in [3.8, 4) is 0 Å². The molecule has 1 N–H and O–H groups in total. The summed E-state index contributed by atoms with van der Waals surface area (Å²) in [6, 6.07) is 8.28. The third kappa shape index (κ3) is 5.56. The molecule has 1 saturated heterocycles. The van der Waals surface area contributed by atoms with Gasteiger partial charge in [0.2, 0.25) is 5.91 Å². The van der Waals surface area contributed by atoms with Crippen LogP contribution < -0.4 is 16.0 Å². The molecule has 0 saturated carbocycles. The number of nitrogens with zero attached hydrogens (tertiary/aromatic N) is 4. The molecule has 1 atom stereocenters. The Kier molecular flexibility index (Phi) is 7.68. The van der Waals surface area contributed by atoms with Gasteiger partial charge in [0.1, 0.15) is 5.82 Å². The minimum atomic E-state index is -0.633. The fourth-order valence-electron chi connectivity index (χ4n) is 4.63. The lowest BCUT2D eigenvalue weighted by Crippen LogP contribution is -2.46. The summed E-state index contributed by atoms with van der Waals surface area (Å²) in [5.74, 6) is -1.20. The van der Waals surface area contributed by atoms with E-state index < -0.39 is 16.7 Å². The second kappa shape index (κ2) is 10.9. The molecule has 2 aromatic carbocycles. The highest BCUT2D eigenvalue weighted by atomic mass is 19.1. The Morgan fingerprint density at radius 3 is 2.64 bits per heavy atom. The highest BCUT2D eigenvalue weighted by Crippen LogP contribution is 2.28. The molecule has 3 aromatic rings. The number of nitrogens with one attached hydrogen (secondary N) is 1. The van der Waals surface area contributed by atoms with Gasteiger partial charge in [0.15, 0.2) is 5.58 Å². The van der Waals surface area contributed by atoms with Gasteiger partial charge in [0, 0.05) is 56.5 Å². The summed E-state index contributed by atoms with van der Waals surface area (Å²) in [6.45, 7) is 8.73. The normalized spacial score (nSPS) is 15.2. The average Bonchev–Trinajstić information content (AvgIpc) is 3.18. The molecule has 11 heteroatoms. The van der Waals surface area contributed by atoms with Gasteiger partial charge in [-0.3, -0.25) is 19.5 Å². The number of benzene rings is 2. The van der Waals surface area contributed by atoms with Crippen LogP contribution in [0.25, 0.3) is 11.1 Å². The van der Waals surface area contributed by atoms with Gasteiger partial charge in [-0.1, -0.05) is 6.92 Å². The maximum Gasteiger partial charge on any atom is 0.419 e. The SMILES string of the molecule is CCN1CCN(c2ccc(F)cc2C(C)NC(=O)CCCn2c(=O)oc3cc([N+](=O)[O-])ccc32)CC1. The van der Waals surface area contributed by atoms with Crippen LogP contribution >= 0.6 is 0 Å². The third-order valence-electron chi connectivity index (χ3n) is 6.64. The van der Waals surface area contributed by atoms with Crippen LogP contribution in [0.2, 0.25) is 0 Å². The molecule has 4 rings (SSSR count). The number of carbonyl (C=O) groups is 1. The number of anilines is 1. The molecule has 0 spiro atoms. The lowest BCUT2D eigenvalue weighted by molar-refractivity contribution is -0.384. The summed E-state index contributed by atoms with van der Waals surface area (Å²) in [4.78, 5) is 39.8. The number of aromatic nitrogens is 1. The van der Waals surface area contributed by atoms with Gasteiger partial charge in [0.05, 0.1) is 22.5 Å². The molecular formula is C25H30FN5O5. The topological polar surface area (TPSA) is 114 Å². The summed E-state index contributed by atoms with van der Waals surface area (Å²) >= 11 is 0. The first-order valence-corrected chi connectivity index (χ1v) is 12.1. The van der Waals surface area contributed by atoms with E-state index in [0.29, 0.717) is 11.9 Å². The number of nitro benzene ring substituents is 1. The fraction of sp³-hybridized carbons (Fsp3) is 0.440. The van der Waals surface area contributed by atoms with Crippen LogP contribution in [-0.4, -0.2) is 53.0 Å². The second-order valence-corrected chi connectivity index (χ2v) is 8.95. The van der Waals surface area contributed by atoms with Crippen LogP contribution in [-0.2, 0) is 11.3 Å². The number of amides is 1. The van der Waals surface area contributed by atoms with Crippen LogP contribution in [0.5, 0.6) is 0 Å². The number of likely N-dealkylation sites (N-methyl/N-ethyl adjacent to an activating group) is 1. The summed E-state index contributed by atoms with van der Waals surface area (Å²) in [5, 5.41) is 13.9. The minimum Gasteiger partial charge on any atom is -0.407 e. The fourth-order valence-corrected chi connectivity index (χ4v) is 4.63. The summed E-state index contributed by atoms with van der Waals surface area (Å²) in [7, 11) is 0. The highest BCUT2D eigenvalue weighted by Gasteiger charge is 2.22. The number of rotatable bonds is 9. The zero-order valence-electron chi connectivity index (χ0n) is 20.4. The van der Waals surface area contributed by atoms with Crippen molar-refractivity contribution >= 4 is 28.4 Å². The lowest BCUT2D eigenvalue weighted by atomic mass is 10.0. The Bertz CT molecular complexity index is 1310. The third-order valence-corrected chi connectivity index (χ3v) is 6.64. The van der Waals surface area contributed by atoms with Crippen molar-refractivity contribution in [2.75, 3.05) is 37.6 Å². The molecule has 1 aromatic heterocycles. The average molecular weight is 500 g/mol. The molecule has 1 aliphatic heterocycles. The van der Waals surface area contributed by atoms with E-state index >= 15 is 0 Å². The first-order valence-electron chi connectivity index (χ1n) is 12.1. The Balaban J connectivity index is 1.38. The number of nitro groups is 1. The number of piperazine rings is 1. The van der Waals surface area contributed by atoms with E-state index in [1.165, 1.54) is 34.9 Å². The molecule has 10 nitrogen and oxygen atoms in total. The monoisotopic (exact) mass is 499 g/mol. The van der Waals surface area contributed by atoms with E-state index in [0.717, 1.165) is 44.0 Å². The molecule has 0 aliphatic carbocycles. The van der Waals surface area contributed by atoms with Gasteiger partial charge >= 0.3 is 5.76 Å². The molecule has 36 heavy (non-hydrogen) atoms. The molecule has 1 fully saturated rings. The first kappa shape index (κ1) is 25.4. The summed E-state index contributed by atoms with van der Waals surface area (Å²) < 4.78 is 20.6. The molecule has 1 amide bonds. The van der Waals surface area contributed by atoms with Gasteiger partial charge in [-0.25, -0.2) is 9.18 Å². The van der Waals surface area contributed by atoms with E-state index in [9.17, 15) is 24.1 Å². The van der Waals surface area contributed by atoms with Crippen LogP contribution in [0, 0.1) is 15.9 Å². The van der Waals surface area contributed by atoms with Gasteiger partial charge in [-0.15, -0.1) is 0 Å². The van der Waals surface area contributed by atoms with Crippen molar-refractivity contribution in [1.82, 2.24) is 14.8 Å². The number of hydrogen-bond donors (Lipinski definition) is 1. The largest absolute Gasteiger partial charge is 0.419 e. The maximum absolute atomic E-state index is 14.1. The van der Waals surface area contributed by atoms with E-state index in [-0.39, 0.29) is 36.0 Å². The highest BCUT2D eigenvalue weighted by molar-refractivity contribution is 5.77. The zero-order chi connectivity index (χ0) is 25.8. The van der Waals surface area contributed by atoms with Gasteiger partial charge in [-0.2, -0.15) is 0 Å². The predicted octanol–water partition coefficient (Wildman–Crippen LogP) is 3.44. The number of halogens is 1. The number of oxazole rings is 1. The van der Waals surface area contributed by atoms with Gasteiger partial charge in [-0.05, 0) is 44.2 Å². The first-order chi connectivity index (χ1) is 17.3. The number of non-ortho nitro benzene ring substituents is 1. The molecular weight excluding hydrogens is 469 g/mol. The number of aryl methyl sites for hydroxylation is 1. The van der Waals surface area contributed by atoms with E-state index in [1.807, 2.05) is 6.92 Å².